The quantitative estimate of drug-likeness (QED) is 0.753. The Labute approximate surface area is 117 Å². The van der Waals surface area contributed by atoms with Gasteiger partial charge in [-0.3, -0.25) is 4.79 Å². The third-order valence-electron chi connectivity index (χ3n) is 2.66. The van der Waals surface area contributed by atoms with Gasteiger partial charge in [0.2, 0.25) is 5.91 Å². The van der Waals surface area contributed by atoms with Crippen molar-refractivity contribution < 1.29 is 14.7 Å². The first kappa shape index (κ1) is 15.6. The molecular formula is C14H19NO3S. The molecule has 0 aliphatic rings. The number of rotatable bonds is 7. The number of hydrogen-bond donors (Lipinski definition) is 2. The fourth-order valence-corrected chi connectivity index (χ4v) is 2.35. The number of benzene rings is 1. The highest BCUT2D eigenvalue weighted by Crippen LogP contribution is 2.18. The van der Waals surface area contributed by atoms with Gasteiger partial charge in [0.25, 0.3) is 0 Å². The van der Waals surface area contributed by atoms with E-state index in [0.29, 0.717) is 18.6 Å². The highest BCUT2D eigenvalue weighted by molar-refractivity contribution is 7.99. The van der Waals surface area contributed by atoms with Gasteiger partial charge in [0.1, 0.15) is 6.04 Å². The summed E-state index contributed by atoms with van der Waals surface area (Å²) in [5, 5.41) is 11.3. The van der Waals surface area contributed by atoms with E-state index in [-0.39, 0.29) is 5.91 Å². The number of aryl methyl sites for hydroxylation is 1. The van der Waals surface area contributed by atoms with Gasteiger partial charge in [-0.1, -0.05) is 24.6 Å². The fourth-order valence-electron chi connectivity index (χ4n) is 1.50. The van der Waals surface area contributed by atoms with Gasteiger partial charge in [0.05, 0.1) is 0 Å². The smallest absolute Gasteiger partial charge is 0.326 e. The normalized spacial score (nSPS) is 11.9. The average Bonchev–Trinajstić information content (AvgIpc) is 2.38. The van der Waals surface area contributed by atoms with E-state index < -0.39 is 12.0 Å². The first-order chi connectivity index (χ1) is 9.02. The van der Waals surface area contributed by atoms with Crippen LogP contribution in [0.3, 0.4) is 0 Å². The van der Waals surface area contributed by atoms with Gasteiger partial charge in [0, 0.05) is 17.1 Å². The summed E-state index contributed by atoms with van der Waals surface area (Å²) in [7, 11) is 0. The highest BCUT2D eigenvalue weighted by Gasteiger charge is 2.16. The van der Waals surface area contributed by atoms with E-state index in [1.54, 1.807) is 18.7 Å². The molecule has 0 unspecified atom stereocenters. The molecule has 0 heterocycles. The van der Waals surface area contributed by atoms with Crippen LogP contribution >= 0.6 is 11.8 Å². The third kappa shape index (κ3) is 5.79. The van der Waals surface area contributed by atoms with Gasteiger partial charge < -0.3 is 10.4 Å². The number of carbonyl (C=O) groups is 2. The molecule has 0 radical (unpaired) electrons. The summed E-state index contributed by atoms with van der Waals surface area (Å²) in [4.78, 5) is 23.5. The number of carbonyl (C=O) groups excluding carboxylic acids is 1. The average molecular weight is 281 g/mol. The number of hydrogen-bond acceptors (Lipinski definition) is 3. The fraction of sp³-hybridized carbons (Fsp3) is 0.429. The predicted octanol–water partition coefficient (Wildman–Crippen LogP) is 2.46. The molecule has 0 saturated heterocycles. The zero-order valence-electron chi connectivity index (χ0n) is 11.2. The van der Waals surface area contributed by atoms with Crippen LogP contribution in [0.4, 0.5) is 0 Å². The molecule has 5 heteroatoms. The maximum Gasteiger partial charge on any atom is 0.326 e. The van der Waals surface area contributed by atoms with E-state index in [4.69, 9.17) is 5.11 Å². The van der Waals surface area contributed by atoms with Crippen molar-refractivity contribution in [1.29, 1.82) is 0 Å². The summed E-state index contributed by atoms with van der Waals surface area (Å²) in [6, 6.07) is 7.31. The number of carboxylic acid groups (broad SMARTS) is 1. The van der Waals surface area contributed by atoms with E-state index in [1.165, 1.54) is 5.56 Å². The molecule has 1 amide bonds. The van der Waals surface area contributed by atoms with Crippen molar-refractivity contribution in [2.75, 3.05) is 5.75 Å². The summed E-state index contributed by atoms with van der Waals surface area (Å²) >= 11 is 1.59. The van der Waals surface area contributed by atoms with Crippen molar-refractivity contribution in [1.82, 2.24) is 5.32 Å². The van der Waals surface area contributed by atoms with E-state index in [1.807, 2.05) is 31.2 Å². The van der Waals surface area contributed by atoms with Crippen molar-refractivity contribution in [3.8, 4) is 0 Å². The molecule has 1 atom stereocenters. The number of nitrogens with one attached hydrogen (secondary N) is 1. The number of carboxylic acids is 1. The molecule has 19 heavy (non-hydrogen) atoms. The lowest BCUT2D eigenvalue weighted by Gasteiger charge is -2.11. The van der Waals surface area contributed by atoms with E-state index in [0.717, 1.165) is 4.90 Å². The summed E-state index contributed by atoms with van der Waals surface area (Å²) in [5.41, 5.74) is 1.20. The predicted molar refractivity (Wildman–Crippen MR) is 76.4 cm³/mol. The second-order valence-corrected chi connectivity index (χ2v) is 5.45. The number of aliphatic carboxylic acids is 1. The highest BCUT2D eigenvalue weighted by atomic mass is 32.2. The monoisotopic (exact) mass is 281 g/mol. The molecule has 0 fully saturated rings. The van der Waals surface area contributed by atoms with Gasteiger partial charge in [-0.05, 0) is 25.5 Å². The van der Waals surface area contributed by atoms with Crippen LogP contribution in [0.5, 0.6) is 0 Å². The Hall–Kier alpha value is -1.49. The van der Waals surface area contributed by atoms with Crippen molar-refractivity contribution in [3.63, 3.8) is 0 Å². The van der Waals surface area contributed by atoms with Gasteiger partial charge in [-0.2, -0.15) is 0 Å². The summed E-state index contributed by atoms with van der Waals surface area (Å²) in [5.74, 6) is -0.554. The lowest BCUT2D eigenvalue weighted by Crippen LogP contribution is -2.40. The molecule has 0 saturated carbocycles. The van der Waals surface area contributed by atoms with Crippen molar-refractivity contribution in [3.05, 3.63) is 29.8 Å². The largest absolute Gasteiger partial charge is 0.480 e. The summed E-state index contributed by atoms with van der Waals surface area (Å²) < 4.78 is 0. The van der Waals surface area contributed by atoms with Crippen molar-refractivity contribution >= 4 is 23.6 Å². The summed E-state index contributed by atoms with van der Waals surface area (Å²) in [6.07, 6.45) is 0.717. The van der Waals surface area contributed by atoms with Crippen LogP contribution in [-0.2, 0) is 9.59 Å². The molecule has 0 aliphatic heterocycles. The maximum atomic E-state index is 11.6. The second kappa shape index (κ2) is 7.84. The lowest BCUT2D eigenvalue weighted by atomic mass is 10.2. The number of thioether (sulfide) groups is 1. The first-order valence-corrected chi connectivity index (χ1v) is 7.23. The molecular weight excluding hydrogens is 262 g/mol. The lowest BCUT2D eigenvalue weighted by molar-refractivity contribution is -0.141. The van der Waals surface area contributed by atoms with Crippen LogP contribution in [0.15, 0.2) is 29.2 Å². The van der Waals surface area contributed by atoms with Crippen LogP contribution in [0, 0.1) is 6.92 Å². The van der Waals surface area contributed by atoms with Crippen LogP contribution in [0.25, 0.3) is 0 Å². The molecule has 0 aliphatic carbocycles. The minimum atomic E-state index is -0.984. The van der Waals surface area contributed by atoms with E-state index in [9.17, 15) is 9.59 Å². The van der Waals surface area contributed by atoms with Crippen molar-refractivity contribution in [2.45, 2.75) is 37.6 Å². The first-order valence-electron chi connectivity index (χ1n) is 6.24. The Morgan fingerprint density at radius 1 is 1.32 bits per heavy atom. The second-order valence-electron chi connectivity index (χ2n) is 4.28. The molecule has 1 rings (SSSR count). The Balaban J connectivity index is 2.30. The SMILES string of the molecule is CC[C@@H](NC(=O)CCSc1ccc(C)cc1)C(=O)O. The standard InChI is InChI=1S/C14H19NO3S/c1-3-12(14(17)18)15-13(16)8-9-19-11-6-4-10(2)5-7-11/h4-7,12H,3,8-9H2,1-2H3,(H,15,16)(H,17,18)/t12-/m1/s1. The zero-order chi connectivity index (χ0) is 14.3. The number of amides is 1. The molecule has 4 nitrogen and oxygen atoms in total. The molecule has 2 N–H and O–H groups in total. The molecule has 1 aromatic rings. The Bertz CT molecular complexity index is 431. The Kier molecular flexibility index (Phi) is 6.42. The molecule has 104 valence electrons. The minimum absolute atomic E-state index is 0.214. The Morgan fingerprint density at radius 3 is 2.47 bits per heavy atom. The molecule has 0 bridgehead atoms. The van der Waals surface area contributed by atoms with Gasteiger partial charge >= 0.3 is 5.97 Å². The van der Waals surface area contributed by atoms with E-state index in [2.05, 4.69) is 5.32 Å². The molecule has 1 aromatic carbocycles. The van der Waals surface area contributed by atoms with Gasteiger partial charge in [-0.25, -0.2) is 4.79 Å². The van der Waals surface area contributed by atoms with Crippen LogP contribution < -0.4 is 5.32 Å². The van der Waals surface area contributed by atoms with Crippen molar-refractivity contribution in [2.24, 2.45) is 0 Å². The maximum absolute atomic E-state index is 11.6. The van der Waals surface area contributed by atoms with Gasteiger partial charge in [0.15, 0.2) is 0 Å². The van der Waals surface area contributed by atoms with Crippen LogP contribution in [0.1, 0.15) is 25.3 Å². The summed E-state index contributed by atoms with van der Waals surface area (Å²) in [6.45, 7) is 3.76. The Morgan fingerprint density at radius 2 is 1.95 bits per heavy atom. The topological polar surface area (TPSA) is 66.4 Å². The molecule has 0 aromatic heterocycles. The third-order valence-corrected chi connectivity index (χ3v) is 3.67. The minimum Gasteiger partial charge on any atom is -0.480 e. The van der Waals surface area contributed by atoms with Gasteiger partial charge in [-0.15, -0.1) is 11.8 Å². The van der Waals surface area contributed by atoms with Crippen LogP contribution in [0.2, 0.25) is 0 Å². The van der Waals surface area contributed by atoms with Crippen LogP contribution in [-0.4, -0.2) is 28.8 Å². The zero-order valence-corrected chi connectivity index (χ0v) is 12.0. The molecule has 0 spiro atoms. The van der Waals surface area contributed by atoms with E-state index >= 15 is 0 Å².